The Kier molecular flexibility index (Phi) is 8.57. The lowest BCUT2D eigenvalue weighted by Crippen LogP contribution is -2.39. The summed E-state index contributed by atoms with van der Waals surface area (Å²) in [5, 5.41) is 0.659. The Bertz CT molecular complexity index is 1660. The van der Waals surface area contributed by atoms with Crippen molar-refractivity contribution in [1.29, 1.82) is 0 Å². The molecule has 42 heavy (non-hydrogen) atoms. The lowest BCUT2D eigenvalue weighted by molar-refractivity contribution is 0.0376. The topological polar surface area (TPSA) is 83.0 Å². The first-order valence-corrected chi connectivity index (χ1v) is 16.9. The number of aryl methyl sites for hydroxylation is 2. The average molecular weight is 605 g/mol. The third-order valence-electron chi connectivity index (χ3n) is 8.04. The first kappa shape index (κ1) is 28.8. The predicted molar refractivity (Wildman–Crippen MR) is 168 cm³/mol. The van der Waals surface area contributed by atoms with Crippen LogP contribution in [0, 0.1) is 0 Å². The van der Waals surface area contributed by atoms with E-state index in [0.717, 1.165) is 80.0 Å². The summed E-state index contributed by atoms with van der Waals surface area (Å²) in [6, 6.07) is 20.3. The van der Waals surface area contributed by atoms with E-state index in [1.54, 1.807) is 29.2 Å². The molecule has 1 aromatic heterocycles. The van der Waals surface area contributed by atoms with Crippen LogP contribution in [-0.2, 0) is 27.6 Å². The van der Waals surface area contributed by atoms with Gasteiger partial charge in [0.15, 0.2) is 5.13 Å². The van der Waals surface area contributed by atoms with Crippen LogP contribution in [0.5, 0.6) is 0 Å². The molecule has 0 aliphatic carbocycles. The highest BCUT2D eigenvalue weighted by Gasteiger charge is 2.29. The number of anilines is 2. The second-order valence-electron chi connectivity index (χ2n) is 10.8. The number of aromatic nitrogens is 1. The number of hydrogen-bond donors (Lipinski definition) is 0. The third-order valence-corrected chi connectivity index (χ3v) is 10.9. The van der Waals surface area contributed by atoms with E-state index in [-0.39, 0.29) is 10.8 Å². The number of morpholine rings is 1. The number of fused-ring (bicyclic) bond motifs is 2. The number of ether oxygens (including phenoxy) is 1. The van der Waals surface area contributed by atoms with E-state index < -0.39 is 10.0 Å². The molecule has 0 saturated carbocycles. The Morgan fingerprint density at radius 3 is 2.60 bits per heavy atom. The molecular formula is C32H36N4O4S2. The van der Waals surface area contributed by atoms with Crippen molar-refractivity contribution in [3.8, 4) is 0 Å². The van der Waals surface area contributed by atoms with Gasteiger partial charge in [0.2, 0.25) is 0 Å². The Hall–Kier alpha value is -3.31. The van der Waals surface area contributed by atoms with Crippen LogP contribution >= 0.6 is 11.3 Å². The van der Waals surface area contributed by atoms with E-state index in [2.05, 4.69) is 24.0 Å². The molecule has 6 rings (SSSR count). The first-order valence-electron chi connectivity index (χ1n) is 14.7. The number of sulfonamides is 1. The van der Waals surface area contributed by atoms with Crippen LogP contribution in [0.15, 0.2) is 71.6 Å². The van der Waals surface area contributed by atoms with Gasteiger partial charge in [-0.05, 0) is 79.3 Å². The molecule has 1 fully saturated rings. The molecule has 1 saturated heterocycles. The molecule has 0 radical (unpaired) electrons. The quantitative estimate of drug-likeness (QED) is 0.256. The maximum Gasteiger partial charge on any atom is 0.264 e. The van der Waals surface area contributed by atoms with Crippen molar-refractivity contribution in [3.63, 3.8) is 0 Å². The molecule has 0 atom stereocenters. The van der Waals surface area contributed by atoms with E-state index in [4.69, 9.17) is 9.72 Å². The van der Waals surface area contributed by atoms with Crippen LogP contribution in [0.2, 0.25) is 0 Å². The smallest absolute Gasteiger partial charge is 0.264 e. The van der Waals surface area contributed by atoms with E-state index in [1.165, 1.54) is 21.2 Å². The minimum atomic E-state index is -3.76. The fourth-order valence-corrected chi connectivity index (χ4v) is 8.25. The van der Waals surface area contributed by atoms with Crippen LogP contribution < -0.4 is 9.21 Å². The molecule has 3 aromatic carbocycles. The van der Waals surface area contributed by atoms with Crippen molar-refractivity contribution in [2.45, 2.75) is 37.5 Å². The average Bonchev–Trinajstić information content (AvgIpc) is 3.46. The summed E-state index contributed by atoms with van der Waals surface area (Å²) in [5.74, 6) is -0.181. The normalized spacial score (nSPS) is 16.0. The van der Waals surface area contributed by atoms with Gasteiger partial charge < -0.3 is 4.74 Å². The number of para-hydroxylation sites is 1. The first-order chi connectivity index (χ1) is 20.4. The van der Waals surface area contributed by atoms with Crippen molar-refractivity contribution in [2.75, 3.05) is 55.1 Å². The molecule has 3 heterocycles. The number of carbonyl (C=O) groups excluding carboxylic acids is 1. The number of amides is 1. The summed E-state index contributed by atoms with van der Waals surface area (Å²) in [5.41, 5.74) is 4.32. The Balaban J connectivity index is 1.25. The fourth-order valence-electron chi connectivity index (χ4n) is 5.65. The molecule has 8 nitrogen and oxygen atoms in total. The van der Waals surface area contributed by atoms with Gasteiger partial charge in [0.05, 0.1) is 34.0 Å². The van der Waals surface area contributed by atoms with Crippen molar-refractivity contribution >= 4 is 48.3 Å². The van der Waals surface area contributed by atoms with Gasteiger partial charge in [-0.25, -0.2) is 13.4 Å². The van der Waals surface area contributed by atoms with E-state index in [0.29, 0.717) is 23.8 Å². The summed E-state index contributed by atoms with van der Waals surface area (Å²) in [4.78, 5) is 23.1. The Labute approximate surface area is 251 Å². The van der Waals surface area contributed by atoms with Crippen LogP contribution in [0.25, 0.3) is 10.2 Å². The molecular weight excluding hydrogens is 569 g/mol. The summed E-state index contributed by atoms with van der Waals surface area (Å²) >= 11 is 1.52. The minimum Gasteiger partial charge on any atom is -0.379 e. The highest BCUT2D eigenvalue weighted by atomic mass is 32.2. The number of hydrogen-bond acceptors (Lipinski definition) is 7. The zero-order valence-electron chi connectivity index (χ0n) is 23.9. The summed E-state index contributed by atoms with van der Waals surface area (Å²) in [7, 11) is -3.76. The van der Waals surface area contributed by atoms with Crippen LogP contribution in [0.3, 0.4) is 0 Å². The van der Waals surface area contributed by atoms with Gasteiger partial charge in [-0.1, -0.05) is 42.5 Å². The lowest BCUT2D eigenvalue weighted by Gasteiger charge is -2.30. The van der Waals surface area contributed by atoms with Crippen LogP contribution in [-0.4, -0.2) is 70.1 Å². The van der Waals surface area contributed by atoms with Gasteiger partial charge in [0.25, 0.3) is 15.9 Å². The summed E-state index contributed by atoms with van der Waals surface area (Å²) in [6.07, 6.45) is 3.36. The lowest BCUT2D eigenvalue weighted by atomic mass is 10.0. The molecule has 220 valence electrons. The second-order valence-corrected chi connectivity index (χ2v) is 13.6. The van der Waals surface area contributed by atoms with Gasteiger partial charge in [-0.15, -0.1) is 0 Å². The molecule has 0 N–H and O–H groups in total. The van der Waals surface area contributed by atoms with Gasteiger partial charge >= 0.3 is 0 Å². The van der Waals surface area contributed by atoms with Gasteiger partial charge in [0.1, 0.15) is 0 Å². The highest BCUT2D eigenvalue weighted by Crippen LogP contribution is 2.33. The number of thiazole rings is 1. The predicted octanol–water partition coefficient (Wildman–Crippen LogP) is 5.37. The minimum absolute atomic E-state index is 0.181. The maximum atomic E-state index is 14.0. The van der Waals surface area contributed by atoms with E-state index in [9.17, 15) is 13.2 Å². The largest absolute Gasteiger partial charge is 0.379 e. The van der Waals surface area contributed by atoms with E-state index >= 15 is 0 Å². The number of rotatable bonds is 9. The molecule has 2 aliphatic rings. The Morgan fingerprint density at radius 2 is 1.81 bits per heavy atom. The summed E-state index contributed by atoms with van der Waals surface area (Å²) in [6.45, 7) is 7.20. The second kappa shape index (κ2) is 12.5. The van der Waals surface area contributed by atoms with E-state index in [1.807, 2.05) is 30.3 Å². The monoisotopic (exact) mass is 604 g/mol. The molecule has 0 unspecified atom stereocenters. The SMILES string of the molecule is CCc1ccc2nc(N(CCCN3CCOCC3)C(=O)c3ccc(S(=O)(=O)N4CCCc5ccccc54)cc3)sc2c1. The van der Waals surface area contributed by atoms with Gasteiger partial charge in [-0.3, -0.25) is 18.9 Å². The molecule has 4 aromatic rings. The number of benzene rings is 3. The summed E-state index contributed by atoms with van der Waals surface area (Å²) < 4.78 is 35.3. The number of nitrogens with zero attached hydrogens (tertiary/aromatic N) is 4. The van der Waals surface area contributed by atoms with Gasteiger partial charge in [0, 0.05) is 38.3 Å². The zero-order valence-corrected chi connectivity index (χ0v) is 25.5. The molecule has 1 amide bonds. The fraction of sp³-hybridized carbons (Fsp3) is 0.375. The molecule has 0 bridgehead atoms. The van der Waals surface area contributed by atoms with Crippen LogP contribution in [0.4, 0.5) is 10.8 Å². The third kappa shape index (κ3) is 5.94. The van der Waals surface area contributed by atoms with Crippen molar-refractivity contribution in [2.24, 2.45) is 0 Å². The Morgan fingerprint density at radius 1 is 1.02 bits per heavy atom. The van der Waals surface area contributed by atoms with Crippen molar-refractivity contribution < 1.29 is 17.9 Å². The highest BCUT2D eigenvalue weighted by molar-refractivity contribution is 7.92. The standard InChI is InChI=1S/C32H36N4O4S2/c1-2-24-10-15-28-30(23-24)41-32(33-28)35(17-6-16-34-19-21-40-22-20-34)31(37)26-11-13-27(14-12-26)42(38,39)36-18-5-8-25-7-3-4-9-29(25)36/h3-4,7,9-15,23H,2,5-6,8,16-22H2,1H3. The molecule has 10 heteroatoms. The van der Waals surface area contributed by atoms with Crippen molar-refractivity contribution in [1.82, 2.24) is 9.88 Å². The van der Waals surface area contributed by atoms with Gasteiger partial charge in [-0.2, -0.15) is 0 Å². The molecule has 2 aliphatic heterocycles. The van der Waals surface area contributed by atoms with Crippen LogP contribution in [0.1, 0.15) is 41.3 Å². The molecule has 0 spiro atoms. The zero-order chi connectivity index (χ0) is 29.1. The number of carbonyl (C=O) groups is 1. The van der Waals surface area contributed by atoms with Crippen molar-refractivity contribution in [3.05, 3.63) is 83.4 Å². The maximum absolute atomic E-state index is 14.0.